The molecule has 4 rings (SSSR count). The van der Waals surface area contributed by atoms with E-state index in [0.717, 1.165) is 60.6 Å². The minimum atomic E-state index is 0. The number of Topliss-reactive ketones (excluding diaryl/α,β-unsaturated/α-hetero) is 1. The molecule has 192 valence electrons. The van der Waals surface area contributed by atoms with Crippen LogP contribution in [0, 0.1) is 20.8 Å². The number of hydrogen-bond donors (Lipinski definition) is 1. The molecule has 0 saturated carbocycles. The number of hydrogen-bond acceptors (Lipinski definition) is 7. The zero-order valence-electron chi connectivity index (χ0n) is 19.9. The number of ketones is 1. The van der Waals surface area contributed by atoms with Gasteiger partial charge in [0, 0.05) is 68.0 Å². The third-order valence-corrected chi connectivity index (χ3v) is 10.5. The number of aliphatic hydroxyl groups excluding tert-OH is 1. The van der Waals surface area contributed by atoms with Gasteiger partial charge in [-0.2, -0.15) is 20.9 Å². The highest BCUT2D eigenvalue weighted by atomic mass is 79.9. The average molecular weight is 684 g/mol. The van der Waals surface area contributed by atoms with Crippen molar-refractivity contribution in [2.24, 2.45) is 0 Å². The number of halogens is 2. The van der Waals surface area contributed by atoms with Crippen molar-refractivity contribution in [2.45, 2.75) is 40.3 Å². The number of rotatable bonds is 8. The number of amides is 1. The largest absolute Gasteiger partial charge is 1.00 e. The van der Waals surface area contributed by atoms with Gasteiger partial charge in [0.2, 0.25) is 5.91 Å². The van der Waals surface area contributed by atoms with Crippen molar-refractivity contribution in [3.05, 3.63) is 43.5 Å². The van der Waals surface area contributed by atoms with Gasteiger partial charge in [-0.1, -0.05) is 6.07 Å². The molecule has 1 fully saturated rings. The van der Waals surface area contributed by atoms with Gasteiger partial charge < -0.3 is 44.0 Å². The summed E-state index contributed by atoms with van der Waals surface area (Å²) in [7, 11) is 0. The maximum absolute atomic E-state index is 13.1. The molecule has 0 atom stereocenters. The fourth-order valence-corrected chi connectivity index (χ4v) is 7.96. The van der Waals surface area contributed by atoms with Gasteiger partial charge in [0.1, 0.15) is 13.1 Å². The van der Waals surface area contributed by atoms with Gasteiger partial charge in [0.05, 0.1) is 17.9 Å². The predicted molar refractivity (Wildman–Crippen MR) is 140 cm³/mol. The topological polar surface area (TPSA) is 67.5 Å². The lowest BCUT2D eigenvalue weighted by Gasteiger charge is -2.26. The molecule has 0 bridgehead atoms. The average Bonchev–Trinajstić information content (AvgIpc) is 3.52. The first-order chi connectivity index (χ1) is 15.9. The van der Waals surface area contributed by atoms with Gasteiger partial charge in [-0.3, -0.25) is 9.59 Å². The van der Waals surface area contributed by atoms with Crippen LogP contribution in [0.4, 0.5) is 0 Å². The number of carbonyl (C=O) groups is 2. The highest BCUT2D eigenvalue weighted by Gasteiger charge is 2.36. The zero-order chi connectivity index (χ0) is 23.5. The van der Waals surface area contributed by atoms with E-state index in [9.17, 15) is 14.7 Å². The van der Waals surface area contributed by atoms with Crippen LogP contribution in [-0.2, 0) is 24.3 Å². The van der Waals surface area contributed by atoms with Gasteiger partial charge in [0.25, 0.3) is 10.0 Å². The molecular formula is C23H29Br2N3O3S4. The lowest BCUT2D eigenvalue weighted by Crippen LogP contribution is -3.00. The Bertz CT molecular complexity index is 1160. The fourth-order valence-electron chi connectivity index (χ4n) is 3.90. The third kappa shape index (κ3) is 6.82. The van der Waals surface area contributed by atoms with Crippen LogP contribution in [0.15, 0.2) is 17.5 Å². The molecule has 35 heavy (non-hydrogen) atoms. The summed E-state index contributed by atoms with van der Waals surface area (Å²) in [6.07, 6.45) is 0.553. The minimum Gasteiger partial charge on any atom is -1.00 e. The summed E-state index contributed by atoms with van der Waals surface area (Å²) < 4.78 is 4.19. The highest BCUT2D eigenvalue weighted by Crippen LogP contribution is 2.38. The Hall–Kier alpha value is -0.630. The van der Waals surface area contributed by atoms with Crippen LogP contribution in [0.25, 0.3) is 10.0 Å². The van der Waals surface area contributed by atoms with Gasteiger partial charge in [-0.05, 0) is 11.4 Å². The third-order valence-electron chi connectivity index (χ3n) is 5.96. The van der Waals surface area contributed by atoms with Crippen molar-refractivity contribution in [2.75, 3.05) is 31.2 Å². The Kier molecular flexibility index (Phi) is 12.0. The van der Waals surface area contributed by atoms with Gasteiger partial charge in [-0.15, -0.1) is 11.3 Å². The zero-order valence-corrected chi connectivity index (χ0v) is 26.3. The molecule has 0 radical (unpaired) electrons. The second-order valence-electron chi connectivity index (χ2n) is 8.00. The Morgan fingerprint density at radius 2 is 1.66 bits per heavy atom. The van der Waals surface area contributed by atoms with Gasteiger partial charge in [-0.25, -0.2) is 0 Å². The van der Waals surface area contributed by atoms with E-state index in [1.165, 1.54) is 11.3 Å². The van der Waals surface area contributed by atoms with Crippen LogP contribution in [0.3, 0.4) is 0 Å². The number of thiophene rings is 1. The summed E-state index contributed by atoms with van der Waals surface area (Å²) in [6.45, 7) is 8.38. The molecule has 4 heterocycles. The molecule has 0 unspecified atom stereocenters. The second kappa shape index (κ2) is 13.8. The number of aromatic nitrogens is 2. The smallest absolute Gasteiger partial charge is 0.295 e. The van der Waals surface area contributed by atoms with E-state index < -0.39 is 0 Å². The van der Waals surface area contributed by atoms with E-state index in [4.69, 9.17) is 0 Å². The van der Waals surface area contributed by atoms with Crippen LogP contribution < -0.4 is 34.0 Å². The van der Waals surface area contributed by atoms with Gasteiger partial charge >= 0.3 is 0 Å². The van der Waals surface area contributed by atoms with Crippen LogP contribution in [0.1, 0.15) is 30.8 Å². The summed E-state index contributed by atoms with van der Waals surface area (Å²) in [4.78, 5) is 31.1. The molecule has 6 nitrogen and oxygen atoms in total. The normalized spacial score (nSPS) is 13.3. The molecule has 1 aliphatic rings. The van der Waals surface area contributed by atoms with Crippen molar-refractivity contribution >= 4 is 57.5 Å². The molecule has 1 saturated heterocycles. The molecule has 0 aromatic carbocycles. The number of aryl methyl sites for hydroxylation is 1. The number of aliphatic hydroxyl groups is 1. The first kappa shape index (κ1) is 30.6. The second-order valence-corrected chi connectivity index (χ2v) is 12.5. The van der Waals surface area contributed by atoms with Crippen molar-refractivity contribution in [3.8, 4) is 10.0 Å². The number of thioether (sulfide) groups is 1. The molecule has 3 aromatic rings. The van der Waals surface area contributed by atoms with E-state index in [1.807, 2.05) is 41.1 Å². The Labute approximate surface area is 243 Å². The van der Waals surface area contributed by atoms with Crippen molar-refractivity contribution in [3.63, 3.8) is 0 Å². The summed E-state index contributed by atoms with van der Waals surface area (Å²) >= 11 is 6.63. The molecule has 0 spiro atoms. The van der Waals surface area contributed by atoms with E-state index in [1.54, 1.807) is 22.7 Å². The van der Waals surface area contributed by atoms with Crippen LogP contribution in [0.5, 0.6) is 0 Å². The maximum Gasteiger partial charge on any atom is 0.295 e. The molecule has 12 heteroatoms. The van der Waals surface area contributed by atoms with Crippen molar-refractivity contribution in [1.82, 2.24) is 14.0 Å². The highest BCUT2D eigenvalue weighted by molar-refractivity contribution is 7.99. The van der Waals surface area contributed by atoms with Gasteiger partial charge in [0.15, 0.2) is 26.9 Å². The van der Waals surface area contributed by atoms with E-state index in [0.29, 0.717) is 13.0 Å². The lowest BCUT2D eigenvalue weighted by atomic mass is 10.2. The Balaban J connectivity index is 0.00000216. The molecule has 1 N–H and O–H groups in total. The van der Waals surface area contributed by atoms with Crippen LogP contribution >= 0.6 is 45.8 Å². The predicted octanol–water partition coefficient (Wildman–Crippen LogP) is -1.37. The summed E-state index contributed by atoms with van der Waals surface area (Å²) in [5, 5.41) is 13.5. The van der Waals surface area contributed by atoms with Crippen LogP contribution in [0.2, 0.25) is 0 Å². The Morgan fingerprint density at radius 3 is 2.29 bits per heavy atom. The number of carbonyl (C=O) groups excluding carboxylic acids is 2. The van der Waals surface area contributed by atoms with Crippen molar-refractivity contribution < 1.29 is 48.7 Å². The maximum atomic E-state index is 13.1. The van der Waals surface area contributed by atoms with E-state index in [2.05, 4.69) is 23.0 Å². The molecular weight excluding hydrogens is 654 g/mol. The van der Waals surface area contributed by atoms with Crippen molar-refractivity contribution in [1.29, 1.82) is 0 Å². The minimum absolute atomic E-state index is 0. The number of thiazole rings is 2. The summed E-state index contributed by atoms with van der Waals surface area (Å²) in [5.74, 6) is 2.20. The standard InChI is InChI=1S/C23H29N3O3S4.2BrH/c1-15-17(3)32-22(26(15)14-21(29)24-7-11-30-12-8-24)23-25(16(2)19(33-23)6-9-27)13-18(28)20-5-4-10-31-20;;/h4-5,10,27H,6-9,11-14H2,1-3H3;2*1H/q+2;;/p-2. The fraction of sp³-hybridized carbons (Fsp3) is 0.478. The van der Waals surface area contributed by atoms with E-state index >= 15 is 0 Å². The molecule has 3 aromatic heterocycles. The first-order valence-corrected chi connectivity index (χ1v) is 14.6. The number of nitrogens with zero attached hydrogens (tertiary/aromatic N) is 3. The summed E-state index contributed by atoms with van der Waals surface area (Å²) in [6, 6.07) is 3.75. The molecule has 1 aliphatic heterocycles. The SMILES string of the molecule is Cc1s[c+](-[c+]2sc(CCO)c(C)n2CC(=O)c2cccs2)n(CC(=O)N2CCSCC2)c1C.[Br-].[Br-]. The molecule has 1 amide bonds. The quantitative estimate of drug-likeness (QED) is 0.235. The van der Waals surface area contributed by atoms with Crippen LogP contribution in [-0.4, -0.2) is 62.0 Å². The van der Waals surface area contributed by atoms with E-state index in [-0.39, 0.29) is 58.8 Å². The monoisotopic (exact) mass is 681 g/mol. The molecule has 0 aliphatic carbocycles. The first-order valence-electron chi connectivity index (χ1n) is 11.0. The Morgan fingerprint density at radius 1 is 1.00 bits per heavy atom. The lowest BCUT2D eigenvalue weighted by molar-refractivity contribution is -0.131. The summed E-state index contributed by atoms with van der Waals surface area (Å²) in [5.41, 5.74) is 2.09.